The van der Waals surface area contributed by atoms with Crippen molar-refractivity contribution < 1.29 is 27.8 Å². The van der Waals surface area contributed by atoms with E-state index < -0.39 is 44.4 Å². The van der Waals surface area contributed by atoms with Gasteiger partial charge in [0.1, 0.15) is 24.6 Å². The third kappa shape index (κ3) is 3.89. The Balaban J connectivity index is 1.48. The predicted molar refractivity (Wildman–Crippen MR) is 104 cm³/mol. The fourth-order valence-corrected chi connectivity index (χ4v) is 4.40. The minimum absolute atomic E-state index is 0.114. The van der Waals surface area contributed by atoms with Crippen LogP contribution in [0.2, 0.25) is 0 Å². The number of aliphatic hydroxyl groups excluding tert-OH is 1. The molecular weight excluding hydrogens is 418 g/mol. The smallest absolute Gasteiger partial charge is 0.387 e. The molecule has 6 atom stereocenters. The largest absolute Gasteiger partial charge is 0.403 e. The van der Waals surface area contributed by atoms with Crippen LogP contribution in [0.5, 0.6) is 0 Å². The molecule has 4 rings (SSSR count). The van der Waals surface area contributed by atoms with E-state index in [0.29, 0.717) is 6.42 Å². The lowest BCUT2D eigenvalue weighted by Crippen LogP contribution is -2.40. The number of nitrogens with zero attached hydrogens (tertiary/aromatic N) is 4. The van der Waals surface area contributed by atoms with Gasteiger partial charge in [-0.1, -0.05) is 24.3 Å². The van der Waals surface area contributed by atoms with Gasteiger partial charge in [0.25, 0.3) is 0 Å². The Bertz CT molecular complexity index is 1040. The van der Waals surface area contributed by atoms with Gasteiger partial charge in [-0.15, -0.1) is 0 Å². The van der Waals surface area contributed by atoms with Gasteiger partial charge in [-0.3, -0.25) is 9.05 Å². The van der Waals surface area contributed by atoms with Crippen LogP contribution in [0, 0.1) is 0 Å². The Labute approximate surface area is 171 Å². The van der Waals surface area contributed by atoms with Crippen LogP contribution in [0.4, 0.5) is 10.2 Å². The summed E-state index contributed by atoms with van der Waals surface area (Å²) in [6.45, 7) is 0.745. The minimum atomic E-state index is -3.96. The van der Waals surface area contributed by atoms with Gasteiger partial charge in [0, 0.05) is 0 Å². The average molecular weight is 440 g/mol. The van der Waals surface area contributed by atoms with E-state index >= 15 is 4.39 Å². The predicted octanol–water partition coefficient (Wildman–Crippen LogP) is 1.22. The second-order valence-electron chi connectivity index (χ2n) is 7.24. The first-order valence-corrected chi connectivity index (χ1v) is 10.8. The Kier molecular flexibility index (Phi) is 5.47. The molecule has 11 nitrogen and oxygen atoms in total. The second kappa shape index (κ2) is 7.80. The van der Waals surface area contributed by atoms with Crippen molar-refractivity contribution in [3.63, 3.8) is 0 Å². The van der Waals surface area contributed by atoms with Crippen molar-refractivity contribution in [2.24, 2.45) is 5.50 Å². The van der Waals surface area contributed by atoms with E-state index in [-0.39, 0.29) is 17.2 Å². The van der Waals surface area contributed by atoms with Crippen molar-refractivity contribution in [3.8, 4) is 0 Å². The molecule has 1 aliphatic heterocycles. The summed E-state index contributed by atoms with van der Waals surface area (Å²) >= 11 is 0. The highest BCUT2D eigenvalue weighted by Gasteiger charge is 2.56. The van der Waals surface area contributed by atoms with Crippen molar-refractivity contribution >= 4 is 19.2 Å². The Hall–Kier alpha value is -2.21. The number of fused-ring (bicyclic) bond motifs is 1. The number of aliphatic hydroxyl groups is 1. The fourth-order valence-electron chi connectivity index (χ4n) is 3.45. The molecule has 2 aliphatic rings. The molecule has 0 bridgehead atoms. The van der Waals surface area contributed by atoms with Crippen LogP contribution in [0.1, 0.15) is 25.1 Å². The summed E-state index contributed by atoms with van der Waals surface area (Å²) in [7, 11) is -3.96. The number of nitrogens with two attached hydrogens (primary N) is 2. The minimum Gasteiger partial charge on any atom is -0.387 e. The molecule has 1 saturated heterocycles. The van der Waals surface area contributed by atoms with E-state index in [0.717, 1.165) is 0 Å². The summed E-state index contributed by atoms with van der Waals surface area (Å²) in [6, 6.07) is 0. The monoisotopic (exact) mass is 440 g/mol. The Morgan fingerprint density at radius 2 is 2.27 bits per heavy atom. The third-order valence-electron chi connectivity index (χ3n) is 5.02. The van der Waals surface area contributed by atoms with Crippen LogP contribution < -0.4 is 11.2 Å². The molecule has 6 unspecified atom stereocenters. The van der Waals surface area contributed by atoms with E-state index in [4.69, 9.17) is 25.0 Å². The molecule has 2 aromatic heterocycles. The SMILES string of the molecule is CC1(F)C(c2cnc3c(N)ncnn23)OC(COP(N)(=O)OC2C=CC=CC2)C1O. The highest BCUT2D eigenvalue weighted by Crippen LogP contribution is 2.47. The van der Waals surface area contributed by atoms with Crippen LogP contribution in [0.15, 0.2) is 36.8 Å². The van der Waals surface area contributed by atoms with E-state index in [9.17, 15) is 9.67 Å². The fraction of sp³-hybridized carbons (Fsp3) is 0.471. The highest BCUT2D eigenvalue weighted by atomic mass is 31.2. The summed E-state index contributed by atoms with van der Waals surface area (Å²) in [5.74, 6) is 0.114. The topological polar surface area (TPSA) is 160 Å². The van der Waals surface area contributed by atoms with Gasteiger partial charge >= 0.3 is 7.75 Å². The van der Waals surface area contributed by atoms with Crippen LogP contribution in [-0.4, -0.2) is 55.3 Å². The normalized spacial score (nSPS) is 33.2. The van der Waals surface area contributed by atoms with Gasteiger partial charge in [-0.25, -0.2) is 28.9 Å². The summed E-state index contributed by atoms with van der Waals surface area (Å²) in [5.41, 5.74) is 9.64. The molecule has 2 aromatic rings. The van der Waals surface area contributed by atoms with Crippen LogP contribution >= 0.6 is 7.75 Å². The van der Waals surface area contributed by atoms with Gasteiger partial charge in [-0.05, 0) is 13.3 Å². The Morgan fingerprint density at radius 3 is 3.00 bits per heavy atom. The van der Waals surface area contributed by atoms with E-state index in [1.807, 2.05) is 12.2 Å². The summed E-state index contributed by atoms with van der Waals surface area (Å²) in [5, 5.41) is 14.5. The number of imidazole rings is 1. The van der Waals surface area contributed by atoms with E-state index in [1.54, 1.807) is 12.2 Å². The maximum Gasteiger partial charge on any atom is 0.403 e. The molecule has 0 amide bonds. The van der Waals surface area contributed by atoms with Gasteiger partial charge in [0.05, 0.1) is 24.6 Å². The number of halogens is 1. The van der Waals surface area contributed by atoms with Crippen molar-refractivity contribution in [2.75, 3.05) is 12.3 Å². The first kappa shape index (κ1) is 21.0. The molecule has 1 aliphatic carbocycles. The zero-order valence-corrected chi connectivity index (χ0v) is 16.9. The number of ether oxygens (including phenoxy) is 1. The average Bonchev–Trinajstić information content (AvgIpc) is 3.21. The number of anilines is 1. The van der Waals surface area contributed by atoms with Crippen LogP contribution in [0.25, 0.3) is 5.65 Å². The molecule has 0 saturated carbocycles. The van der Waals surface area contributed by atoms with Crippen molar-refractivity contribution in [1.29, 1.82) is 0 Å². The highest BCUT2D eigenvalue weighted by molar-refractivity contribution is 7.51. The molecule has 1 fully saturated rings. The van der Waals surface area contributed by atoms with Crippen molar-refractivity contribution in [3.05, 3.63) is 42.5 Å². The lowest BCUT2D eigenvalue weighted by atomic mass is 9.93. The van der Waals surface area contributed by atoms with Crippen molar-refractivity contribution in [2.45, 2.75) is 43.4 Å². The first-order chi connectivity index (χ1) is 14.2. The van der Waals surface area contributed by atoms with Gasteiger partial charge in [0.2, 0.25) is 0 Å². The number of rotatable bonds is 6. The summed E-state index contributed by atoms with van der Waals surface area (Å²) in [4.78, 5) is 7.92. The standard InChI is InChI=1S/C17H22FN6O5P/c1-17(18)13(25)12(8-27-30(20,26)29-10-5-3-2-4-6-10)28-14(17)11-7-21-16-15(19)22-9-23-24(11)16/h2-5,7,9-10,12-14,25H,6,8H2,1H3,(H2,20,26)(H2,19,22,23). The van der Waals surface area contributed by atoms with Gasteiger partial charge in [-0.2, -0.15) is 5.10 Å². The lowest BCUT2D eigenvalue weighted by Gasteiger charge is -2.23. The molecule has 162 valence electrons. The maximum absolute atomic E-state index is 15.4. The number of allylic oxidation sites excluding steroid dienone is 2. The number of aromatic nitrogens is 4. The molecule has 5 N–H and O–H groups in total. The van der Waals surface area contributed by atoms with Gasteiger partial charge in [0.15, 0.2) is 17.1 Å². The number of hydrogen-bond acceptors (Lipinski definition) is 9. The Morgan fingerprint density at radius 1 is 1.47 bits per heavy atom. The zero-order valence-electron chi connectivity index (χ0n) is 16.0. The summed E-state index contributed by atoms with van der Waals surface area (Å²) in [6.07, 6.45) is 5.64. The quantitative estimate of drug-likeness (QED) is 0.557. The number of hydrogen-bond donors (Lipinski definition) is 3. The second-order valence-corrected chi connectivity index (χ2v) is 8.79. The molecule has 30 heavy (non-hydrogen) atoms. The van der Waals surface area contributed by atoms with E-state index in [2.05, 4.69) is 15.1 Å². The van der Waals surface area contributed by atoms with Crippen LogP contribution in [-0.2, 0) is 18.3 Å². The van der Waals surface area contributed by atoms with Crippen LogP contribution in [0.3, 0.4) is 0 Å². The molecule has 0 spiro atoms. The summed E-state index contributed by atoms with van der Waals surface area (Å²) < 4.78 is 45.3. The molecule has 0 radical (unpaired) electrons. The lowest BCUT2D eigenvalue weighted by molar-refractivity contribution is -0.0229. The molecule has 0 aromatic carbocycles. The molecule has 13 heteroatoms. The zero-order chi connectivity index (χ0) is 21.5. The number of alkyl halides is 1. The third-order valence-corrected chi connectivity index (χ3v) is 6.10. The van der Waals surface area contributed by atoms with E-state index in [1.165, 1.54) is 24.0 Å². The molecular formula is C17H22FN6O5P. The molecule has 3 heterocycles. The van der Waals surface area contributed by atoms with Gasteiger partial charge < -0.3 is 15.6 Å². The first-order valence-electron chi connectivity index (χ1n) is 9.20. The maximum atomic E-state index is 15.4. The number of nitrogen functional groups attached to an aromatic ring is 1. The van der Waals surface area contributed by atoms with Crippen molar-refractivity contribution in [1.82, 2.24) is 19.6 Å².